The molecule has 1 atom stereocenters. The number of dihydropyridines is 1. The largest absolute Gasteiger partial charge is 0.497 e. The van der Waals surface area contributed by atoms with Crippen LogP contribution in [0.5, 0.6) is 5.75 Å². The molecule has 1 aromatic heterocycles. The second-order valence-corrected chi connectivity index (χ2v) is 13.5. The fourth-order valence-corrected chi connectivity index (χ4v) is 5.99. The van der Waals surface area contributed by atoms with Gasteiger partial charge in [0.25, 0.3) is 11.8 Å². The molecule has 1 unspecified atom stereocenters. The number of methoxy groups -OCH3 is 2. The second kappa shape index (κ2) is 14.6. The van der Waals surface area contributed by atoms with E-state index in [4.69, 9.17) is 9.47 Å². The Hall–Kier alpha value is -4.75. The molecule has 2 heterocycles. The first-order valence-electron chi connectivity index (χ1n) is 16.9. The number of nitrogens with one attached hydrogen (secondary N) is 5. The highest BCUT2D eigenvalue weighted by atomic mass is 16.5. The Balaban J connectivity index is 1.11. The second-order valence-electron chi connectivity index (χ2n) is 13.5. The third-order valence-electron chi connectivity index (χ3n) is 9.63. The smallest absolute Gasteiger partial charge is 0.274 e. The number of hydrogen-bond acceptors (Lipinski definition) is 10. The van der Waals surface area contributed by atoms with Crippen LogP contribution in [0.1, 0.15) is 52.9 Å². The number of anilines is 2. The summed E-state index contributed by atoms with van der Waals surface area (Å²) in [7, 11) is 3.13. The molecule has 0 saturated heterocycles. The molecule has 0 bridgehead atoms. The standard InChI is InChI=1S/C38H46N6O6/c1-23-27(7-5-9-29(23)43-35(45)31-15-33(49-3)25(19-41-31)17-39-21-37(47)11-12-37)28-8-6-10-30(24(28)2)44-36(46)32-16-34(50-4)26(20-42-32)18-40-22-38(48)13-14-38/h5-10,15-16,19-20,31,39-41,47-48H,11-14,17-18,21-22H2,1-4H3,(H,43,45)(H,44,46). The van der Waals surface area contributed by atoms with Gasteiger partial charge >= 0.3 is 0 Å². The van der Waals surface area contributed by atoms with Gasteiger partial charge in [-0.25, -0.2) is 0 Å². The van der Waals surface area contributed by atoms with E-state index in [-0.39, 0.29) is 17.5 Å². The van der Waals surface area contributed by atoms with Crippen LogP contribution in [-0.4, -0.2) is 78.1 Å². The van der Waals surface area contributed by atoms with E-state index in [9.17, 15) is 19.8 Å². The summed E-state index contributed by atoms with van der Waals surface area (Å²) >= 11 is 0. The molecular formula is C38H46N6O6. The molecule has 0 spiro atoms. The van der Waals surface area contributed by atoms with Gasteiger partial charge in [0, 0.05) is 67.2 Å². The number of hydrogen-bond donors (Lipinski definition) is 7. The van der Waals surface area contributed by atoms with Gasteiger partial charge in [0.2, 0.25) is 0 Å². The van der Waals surface area contributed by atoms with Gasteiger partial charge in [-0.2, -0.15) is 0 Å². The molecule has 2 aromatic carbocycles. The van der Waals surface area contributed by atoms with Crippen LogP contribution in [0.25, 0.3) is 11.1 Å². The summed E-state index contributed by atoms with van der Waals surface area (Å²) in [4.78, 5) is 31.1. The highest BCUT2D eigenvalue weighted by Crippen LogP contribution is 2.36. The van der Waals surface area contributed by atoms with E-state index in [1.807, 2.05) is 50.2 Å². The summed E-state index contributed by atoms with van der Waals surface area (Å²) in [5.74, 6) is 0.531. The highest BCUT2D eigenvalue weighted by Gasteiger charge is 2.40. The number of rotatable bonds is 15. The summed E-state index contributed by atoms with van der Waals surface area (Å²) < 4.78 is 11.1. The van der Waals surface area contributed by atoms with Gasteiger partial charge in [-0.15, -0.1) is 0 Å². The minimum Gasteiger partial charge on any atom is -0.497 e. The molecule has 2 aliphatic carbocycles. The normalized spacial score (nSPS) is 18.2. The number of ether oxygens (including phenoxy) is 2. The van der Waals surface area contributed by atoms with E-state index in [0.717, 1.165) is 59.1 Å². The van der Waals surface area contributed by atoms with E-state index >= 15 is 0 Å². The molecule has 50 heavy (non-hydrogen) atoms. The first kappa shape index (κ1) is 35.1. The van der Waals surface area contributed by atoms with Crippen molar-refractivity contribution < 1.29 is 29.3 Å². The molecule has 6 rings (SSSR count). The van der Waals surface area contributed by atoms with Crippen molar-refractivity contribution in [2.75, 3.05) is 44.5 Å². The Morgan fingerprint density at radius 1 is 0.880 bits per heavy atom. The monoisotopic (exact) mass is 682 g/mol. The number of amides is 2. The molecule has 7 N–H and O–H groups in total. The van der Waals surface area contributed by atoms with Crippen LogP contribution in [0.2, 0.25) is 0 Å². The summed E-state index contributed by atoms with van der Waals surface area (Å²) in [6, 6.07) is 12.4. The lowest BCUT2D eigenvalue weighted by Gasteiger charge is -2.23. The maximum atomic E-state index is 13.4. The molecular weight excluding hydrogens is 636 g/mol. The van der Waals surface area contributed by atoms with Gasteiger partial charge < -0.3 is 46.3 Å². The first-order chi connectivity index (χ1) is 24.0. The van der Waals surface area contributed by atoms with Crippen molar-refractivity contribution >= 4 is 23.2 Å². The number of benzene rings is 2. The molecule has 12 heteroatoms. The molecule has 2 fully saturated rings. The van der Waals surface area contributed by atoms with E-state index in [1.54, 1.807) is 38.8 Å². The third-order valence-corrected chi connectivity index (χ3v) is 9.63. The minimum atomic E-state index is -0.641. The Kier molecular flexibility index (Phi) is 10.3. The van der Waals surface area contributed by atoms with E-state index in [2.05, 4.69) is 31.6 Å². The fourth-order valence-electron chi connectivity index (χ4n) is 5.99. The number of carbonyl (C=O) groups excluding carboxylic acids is 2. The van der Waals surface area contributed by atoms with E-state index in [0.29, 0.717) is 49.1 Å². The maximum absolute atomic E-state index is 13.4. The molecule has 0 radical (unpaired) electrons. The SMILES string of the molecule is COC1=CC(C(=O)Nc2cccc(-c3cccc(NC(=O)c4cc(OC)c(CNCC5(O)CC5)cn4)c3C)c2C)NC=C1CNCC1(O)CC1. The van der Waals surface area contributed by atoms with Crippen molar-refractivity contribution in [3.8, 4) is 16.9 Å². The molecule has 1 aliphatic heterocycles. The zero-order chi connectivity index (χ0) is 35.5. The van der Waals surface area contributed by atoms with Gasteiger partial charge in [-0.05, 0) is 80.0 Å². The highest BCUT2D eigenvalue weighted by molar-refractivity contribution is 6.04. The van der Waals surface area contributed by atoms with Crippen LogP contribution in [-0.2, 0) is 16.1 Å². The quantitative estimate of drug-likeness (QED) is 0.126. The average Bonchev–Trinajstić information content (AvgIpc) is 4.04. The molecule has 2 saturated carbocycles. The third kappa shape index (κ3) is 8.16. The van der Waals surface area contributed by atoms with Gasteiger partial charge in [0.05, 0.1) is 25.4 Å². The Morgan fingerprint density at radius 3 is 2.06 bits per heavy atom. The Bertz CT molecular complexity index is 1830. The molecule has 12 nitrogen and oxygen atoms in total. The van der Waals surface area contributed by atoms with Gasteiger partial charge in [-0.3, -0.25) is 14.6 Å². The molecule has 2 amide bonds. The number of aliphatic hydroxyl groups is 2. The van der Waals surface area contributed by atoms with Crippen molar-refractivity contribution in [3.05, 3.63) is 94.7 Å². The van der Waals surface area contributed by atoms with E-state index < -0.39 is 17.2 Å². The summed E-state index contributed by atoms with van der Waals surface area (Å²) in [6.07, 6.45) is 8.37. The number of nitrogens with zero attached hydrogens (tertiary/aromatic N) is 1. The minimum absolute atomic E-state index is 0.217. The lowest BCUT2D eigenvalue weighted by Crippen LogP contribution is -2.40. The van der Waals surface area contributed by atoms with Gasteiger partial charge in [0.15, 0.2) is 0 Å². The van der Waals surface area contributed by atoms with Crippen LogP contribution < -0.4 is 31.3 Å². The van der Waals surface area contributed by atoms with Crippen LogP contribution in [0, 0.1) is 13.8 Å². The maximum Gasteiger partial charge on any atom is 0.274 e. The van der Waals surface area contributed by atoms with Crippen molar-refractivity contribution in [1.29, 1.82) is 0 Å². The lowest BCUT2D eigenvalue weighted by atomic mass is 9.94. The molecule has 3 aliphatic rings. The van der Waals surface area contributed by atoms with Crippen molar-refractivity contribution in [2.24, 2.45) is 0 Å². The Morgan fingerprint density at radius 2 is 1.48 bits per heavy atom. The summed E-state index contributed by atoms with van der Waals surface area (Å²) in [6.45, 7) is 5.88. The molecule has 3 aromatic rings. The predicted octanol–water partition coefficient (Wildman–Crippen LogP) is 3.68. The van der Waals surface area contributed by atoms with Gasteiger partial charge in [0.1, 0.15) is 23.2 Å². The van der Waals surface area contributed by atoms with Crippen LogP contribution in [0.4, 0.5) is 11.4 Å². The predicted molar refractivity (Wildman–Crippen MR) is 192 cm³/mol. The van der Waals surface area contributed by atoms with Crippen LogP contribution in [0.15, 0.2) is 72.3 Å². The van der Waals surface area contributed by atoms with Crippen molar-refractivity contribution in [2.45, 2.75) is 63.3 Å². The number of aromatic nitrogens is 1. The summed E-state index contributed by atoms with van der Waals surface area (Å²) in [5, 5.41) is 35.9. The van der Waals surface area contributed by atoms with Gasteiger partial charge in [-0.1, -0.05) is 24.3 Å². The zero-order valence-electron chi connectivity index (χ0n) is 29.0. The average molecular weight is 683 g/mol. The van der Waals surface area contributed by atoms with Crippen LogP contribution in [0.3, 0.4) is 0 Å². The number of pyridine rings is 1. The fraction of sp³-hybridized carbons (Fsp3) is 0.395. The Labute approximate surface area is 292 Å². The summed E-state index contributed by atoms with van der Waals surface area (Å²) in [5.41, 5.74) is 5.54. The topological polar surface area (TPSA) is 166 Å². The van der Waals surface area contributed by atoms with E-state index in [1.165, 1.54) is 0 Å². The zero-order valence-corrected chi connectivity index (χ0v) is 29.0. The van der Waals surface area contributed by atoms with Crippen molar-refractivity contribution in [3.63, 3.8) is 0 Å². The number of carbonyl (C=O) groups is 2. The van der Waals surface area contributed by atoms with Crippen molar-refractivity contribution in [1.82, 2.24) is 20.9 Å². The molecule has 264 valence electrons. The lowest BCUT2D eigenvalue weighted by molar-refractivity contribution is -0.117. The van der Waals surface area contributed by atoms with Crippen LogP contribution >= 0.6 is 0 Å². The first-order valence-corrected chi connectivity index (χ1v) is 16.9.